The highest BCUT2D eigenvalue weighted by Gasteiger charge is 2.56. The summed E-state index contributed by atoms with van der Waals surface area (Å²) in [7, 11) is 0. The van der Waals surface area contributed by atoms with Crippen LogP contribution in [0.4, 0.5) is 0 Å². The van der Waals surface area contributed by atoms with Gasteiger partial charge >= 0.3 is 5.97 Å². The number of carbonyl (C=O) groups excluding carboxylic acids is 2. The number of amides is 2. The largest absolute Gasteiger partial charge is 0.478 e. The van der Waals surface area contributed by atoms with Gasteiger partial charge in [-0.15, -0.1) is 0 Å². The van der Waals surface area contributed by atoms with Crippen molar-refractivity contribution in [1.82, 2.24) is 5.01 Å². The van der Waals surface area contributed by atoms with Crippen LogP contribution >= 0.6 is 0 Å². The number of furan rings is 1. The molecular weight excluding hydrogens is 372 g/mol. The molecule has 2 fully saturated rings. The van der Waals surface area contributed by atoms with E-state index in [4.69, 9.17) is 4.42 Å². The van der Waals surface area contributed by atoms with Gasteiger partial charge in [0.05, 0.1) is 23.6 Å². The van der Waals surface area contributed by atoms with Gasteiger partial charge in [-0.1, -0.05) is 30.4 Å². The van der Waals surface area contributed by atoms with Crippen molar-refractivity contribution in [3.63, 3.8) is 0 Å². The first-order chi connectivity index (χ1) is 14.0. The quantitative estimate of drug-likeness (QED) is 0.491. The van der Waals surface area contributed by atoms with Gasteiger partial charge in [0.25, 0.3) is 11.8 Å². The van der Waals surface area contributed by atoms with E-state index < -0.39 is 5.97 Å². The van der Waals surface area contributed by atoms with Crippen LogP contribution in [-0.2, 0) is 9.59 Å². The van der Waals surface area contributed by atoms with Gasteiger partial charge in [0.2, 0.25) is 0 Å². The standard InChI is InChI=1S/C22H18N2O5/c25-20-18-12-5-6-13(8-7-12)19(18)21(26)24(20)23-11-14-9-10-17(29-14)15-3-1-2-4-16(15)22(27)28/h1-6,9-13,18-19H,7-8H2,(H,27,28)/b23-11-/t12-,13-,18-,19-/m1/s1. The van der Waals surface area contributed by atoms with Crippen LogP contribution < -0.4 is 0 Å². The Labute approximate surface area is 166 Å². The number of allylic oxidation sites excluding steroid dienone is 2. The zero-order valence-electron chi connectivity index (χ0n) is 15.4. The number of imide groups is 1. The number of hydrogen-bond donors (Lipinski definition) is 1. The Morgan fingerprint density at radius 3 is 2.31 bits per heavy atom. The fourth-order valence-corrected chi connectivity index (χ4v) is 4.74. The molecule has 146 valence electrons. The van der Waals surface area contributed by atoms with E-state index in [2.05, 4.69) is 17.3 Å². The molecule has 1 aliphatic heterocycles. The number of hydrogen-bond acceptors (Lipinski definition) is 5. The second-order valence-electron chi connectivity index (χ2n) is 7.63. The second-order valence-corrected chi connectivity index (χ2v) is 7.63. The van der Waals surface area contributed by atoms with Gasteiger partial charge < -0.3 is 9.52 Å². The Kier molecular flexibility index (Phi) is 3.97. The predicted molar refractivity (Wildman–Crippen MR) is 103 cm³/mol. The average Bonchev–Trinajstić information content (AvgIpc) is 3.32. The lowest BCUT2D eigenvalue weighted by atomic mass is 9.63. The first-order valence-corrected chi connectivity index (χ1v) is 9.57. The summed E-state index contributed by atoms with van der Waals surface area (Å²) >= 11 is 0. The molecule has 2 amide bonds. The van der Waals surface area contributed by atoms with Crippen molar-refractivity contribution in [2.75, 3.05) is 0 Å². The van der Waals surface area contributed by atoms with Crippen LogP contribution in [0, 0.1) is 23.7 Å². The Morgan fingerprint density at radius 2 is 1.69 bits per heavy atom. The zero-order chi connectivity index (χ0) is 20.1. The summed E-state index contributed by atoms with van der Waals surface area (Å²) in [5, 5.41) is 14.4. The molecule has 1 aromatic carbocycles. The summed E-state index contributed by atoms with van der Waals surface area (Å²) in [5.74, 6) is -1.23. The first-order valence-electron chi connectivity index (χ1n) is 9.57. The van der Waals surface area contributed by atoms with Crippen molar-refractivity contribution in [3.05, 3.63) is 59.9 Å². The monoisotopic (exact) mass is 390 g/mol. The van der Waals surface area contributed by atoms with Gasteiger partial charge in [-0.05, 0) is 42.9 Å². The van der Waals surface area contributed by atoms with Crippen molar-refractivity contribution < 1.29 is 23.9 Å². The summed E-state index contributed by atoms with van der Waals surface area (Å²) in [5.41, 5.74) is 0.573. The minimum absolute atomic E-state index is 0.115. The Bertz CT molecular complexity index is 1050. The van der Waals surface area contributed by atoms with Crippen molar-refractivity contribution in [2.24, 2.45) is 28.8 Å². The van der Waals surface area contributed by atoms with Crippen LogP contribution in [0.25, 0.3) is 11.3 Å². The van der Waals surface area contributed by atoms with Gasteiger partial charge in [0.15, 0.2) is 0 Å². The van der Waals surface area contributed by atoms with Crippen LogP contribution in [-0.4, -0.2) is 34.1 Å². The normalized spacial score (nSPS) is 27.8. The number of nitrogens with zero attached hydrogens (tertiary/aromatic N) is 2. The number of carboxylic acid groups (broad SMARTS) is 1. The van der Waals surface area contributed by atoms with E-state index in [0.29, 0.717) is 17.1 Å². The van der Waals surface area contributed by atoms with Crippen molar-refractivity contribution in [3.8, 4) is 11.3 Å². The second kappa shape index (κ2) is 6.55. The Balaban J connectivity index is 1.39. The molecule has 0 spiro atoms. The highest BCUT2D eigenvalue weighted by atomic mass is 16.4. The molecule has 2 aromatic rings. The van der Waals surface area contributed by atoms with Gasteiger partial charge in [0.1, 0.15) is 11.5 Å². The average molecular weight is 390 g/mol. The lowest BCUT2D eigenvalue weighted by Gasteiger charge is -2.37. The molecule has 3 aliphatic carbocycles. The highest BCUT2D eigenvalue weighted by Crippen LogP contribution is 2.49. The van der Waals surface area contributed by atoms with Gasteiger partial charge in [-0.2, -0.15) is 10.1 Å². The Hall–Kier alpha value is -3.48. The summed E-state index contributed by atoms with van der Waals surface area (Å²) in [6.07, 6.45) is 7.32. The van der Waals surface area contributed by atoms with Gasteiger partial charge in [0, 0.05) is 5.56 Å². The molecule has 1 saturated carbocycles. The maximum Gasteiger partial charge on any atom is 0.336 e. The fraction of sp³-hybridized carbons (Fsp3) is 0.273. The van der Waals surface area contributed by atoms with Crippen LogP contribution in [0.15, 0.2) is 58.1 Å². The third-order valence-electron chi connectivity index (χ3n) is 6.09. The van der Waals surface area contributed by atoms with Gasteiger partial charge in [-0.3, -0.25) is 9.59 Å². The molecule has 1 aromatic heterocycles. The lowest BCUT2D eigenvalue weighted by molar-refractivity contribution is -0.140. The predicted octanol–water partition coefficient (Wildman–Crippen LogP) is 3.18. The molecule has 6 rings (SSSR count). The lowest BCUT2D eigenvalue weighted by Crippen LogP contribution is -2.38. The maximum absolute atomic E-state index is 12.8. The third kappa shape index (κ3) is 2.73. The molecule has 2 heterocycles. The molecule has 4 atom stereocenters. The molecule has 4 aliphatic rings. The minimum atomic E-state index is -1.05. The van der Waals surface area contributed by atoms with E-state index in [9.17, 15) is 19.5 Å². The van der Waals surface area contributed by atoms with E-state index in [-0.39, 0.29) is 41.0 Å². The third-order valence-corrected chi connectivity index (χ3v) is 6.09. The van der Waals surface area contributed by atoms with Gasteiger partial charge in [-0.25, -0.2) is 4.79 Å². The summed E-state index contributed by atoms with van der Waals surface area (Å²) < 4.78 is 5.69. The van der Waals surface area contributed by atoms with E-state index >= 15 is 0 Å². The summed E-state index contributed by atoms with van der Waals surface area (Å²) in [4.78, 5) is 36.9. The molecule has 7 heteroatoms. The number of fused-ring (bicyclic) bond motifs is 1. The van der Waals surface area contributed by atoms with Crippen LogP contribution in [0.2, 0.25) is 0 Å². The van der Waals surface area contributed by atoms with Crippen molar-refractivity contribution in [2.45, 2.75) is 12.8 Å². The molecule has 2 bridgehead atoms. The number of rotatable bonds is 4. The van der Waals surface area contributed by atoms with E-state index in [0.717, 1.165) is 17.9 Å². The van der Waals surface area contributed by atoms with Crippen LogP contribution in [0.3, 0.4) is 0 Å². The smallest absolute Gasteiger partial charge is 0.336 e. The molecule has 0 radical (unpaired) electrons. The topological polar surface area (TPSA) is 100 Å². The Morgan fingerprint density at radius 1 is 1.03 bits per heavy atom. The summed E-state index contributed by atoms with van der Waals surface area (Å²) in [6, 6.07) is 9.79. The molecule has 7 nitrogen and oxygen atoms in total. The minimum Gasteiger partial charge on any atom is -0.478 e. The number of hydrazone groups is 1. The zero-order valence-corrected chi connectivity index (χ0v) is 15.4. The first kappa shape index (κ1) is 17.6. The van der Waals surface area contributed by atoms with Crippen molar-refractivity contribution in [1.29, 1.82) is 0 Å². The number of carbonyl (C=O) groups is 3. The summed E-state index contributed by atoms with van der Waals surface area (Å²) in [6.45, 7) is 0. The van der Waals surface area contributed by atoms with Crippen molar-refractivity contribution >= 4 is 24.0 Å². The highest BCUT2D eigenvalue weighted by molar-refractivity contribution is 6.06. The number of carboxylic acids is 1. The van der Waals surface area contributed by atoms with E-state index in [1.165, 1.54) is 12.3 Å². The van der Waals surface area contributed by atoms with Crippen LogP contribution in [0.1, 0.15) is 29.0 Å². The number of aromatic carboxylic acids is 1. The van der Waals surface area contributed by atoms with E-state index in [1.54, 1.807) is 30.3 Å². The van der Waals surface area contributed by atoms with Crippen LogP contribution in [0.5, 0.6) is 0 Å². The molecule has 1 saturated heterocycles. The molecule has 29 heavy (non-hydrogen) atoms. The fourth-order valence-electron chi connectivity index (χ4n) is 4.74. The maximum atomic E-state index is 12.8. The molecule has 0 unspecified atom stereocenters. The van der Waals surface area contributed by atoms with E-state index in [1.807, 2.05) is 0 Å². The number of benzene rings is 1. The molecular formula is C22H18N2O5. The molecule has 1 N–H and O–H groups in total. The SMILES string of the molecule is O=C(O)c1ccccc1-c1ccc(/C=N\N2C(=O)[C@H]3[C@H](C2=O)[C@@H]2C=C[C@@H]3CC2)o1.